The zero-order valence-corrected chi connectivity index (χ0v) is 11.5. The molecule has 6 heteroatoms. The van der Waals surface area contributed by atoms with Crippen LogP contribution in [0.2, 0.25) is 0 Å². The molecule has 1 fully saturated rings. The maximum Gasteiger partial charge on any atom is 0.256 e. The fraction of sp³-hybridized carbons (Fsp3) is 0.125. The molecule has 0 radical (unpaired) electrons. The highest BCUT2D eigenvalue weighted by Gasteiger charge is 2.40. The Morgan fingerprint density at radius 3 is 2.50 bits per heavy atom. The van der Waals surface area contributed by atoms with Gasteiger partial charge in [0.2, 0.25) is 5.91 Å². The fourth-order valence-electron chi connectivity index (χ4n) is 2.41. The summed E-state index contributed by atoms with van der Waals surface area (Å²) in [4.78, 5) is 25.3. The van der Waals surface area contributed by atoms with E-state index in [9.17, 15) is 19.1 Å². The minimum atomic E-state index is -0.833. The Labute approximate surface area is 126 Å². The highest BCUT2D eigenvalue weighted by atomic mass is 19.1. The molecule has 1 aliphatic heterocycles. The number of para-hydroxylation sites is 3. The van der Waals surface area contributed by atoms with Gasteiger partial charge in [0, 0.05) is 0 Å². The molecule has 22 heavy (non-hydrogen) atoms. The second kappa shape index (κ2) is 5.48. The molecule has 0 aromatic heterocycles. The smallest absolute Gasteiger partial charge is 0.256 e. The number of hydrogen-bond acceptors (Lipinski definition) is 4. The van der Waals surface area contributed by atoms with Crippen LogP contribution in [0.25, 0.3) is 0 Å². The molecule has 112 valence electrons. The van der Waals surface area contributed by atoms with Gasteiger partial charge < -0.3 is 10.4 Å². The lowest BCUT2D eigenvalue weighted by atomic mass is 10.2. The number of anilines is 2. The molecule has 0 bridgehead atoms. The van der Waals surface area contributed by atoms with Gasteiger partial charge in [-0.05, 0) is 24.3 Å². The molecular weight excluding hydrogens is 287 g/mol. The van der Waals surface area contributed by atoms with E-state index in [-0.39, 0.29) is 17.9 Å². The van der Waals surface area contributed by atoms with Crippen LogP contribution in [0.15, 0.2) is 48.5 Å². The van der Waals surface area contributed by atoms with Crippen molar-refractivity contribution in [1.82, 2.24) is 0 Å². The van der Waals surface area contributed by atoms with Crippen LogP contribution < -0.4 is 10.2 Å². The van der Waals surface area contributed by atoms with Crippen LogP contribution in [0.4, 0.5) is 15.8 Å². The standard InChI is InChI=1S/C16H13FN2O3/c17-10-5-1-3-7-13(10)19-15(21)9-12(16(19)22)18-11-6-2-4-8-14(11)20/h1-8,12,18,20H,9H2. The normalized spacial score (nSPS) is 17.9. The Morgan fingerprint density at radius 1 is 1.09 bits per heavy atom. The summed E-state index contributed by atoms with van der Waals surface area (Å²) >= 11 is 0. The molecule has 1 heterocycles. The second-order valence-corrected chi connectivity index (χ2v) is 4.94. The van der Waals surface area contributed by atoms with E-state index in [0.717, 1.165) is 4.90 Å². The number of nitrogens with zero attached hydrogens (tertiary/aromatic N) is 1. The van der Waals surface area contributed by atoms with E-state index in [0.29, 0.717) is 5.69 Å². The van der Waals surface area contributed by atoms with Crippen molar-refractivity contribution in [2.75, 3.05) is 10.2 Å². The molecule has 0 saturated carbocycles. The largest absolute Gasteiger partial charge is 0.506 e. The van der Waals surface area contributed by atoms with Crippen molar-refractivity contribution in [2.45, 2.75) is 12.5 Å². The molecule has 1 saturated heterocycles. The van der Waals surface area contributed by atoms with E-state index in [2.05, 4.69) is 5.32 Å². The van der Waals surface area contributed by atoms with E-state index in [1.54, 1.807) is 24.3 Å². The fourth-order valence-corrected chi connectivity index (χ4v) is 2.41. The number of imide groups is 1. The van der Waals surface area contributed by atoms with Crippen molar-refractivity contribution in [3.8, 4) is 5.75 Å². The maximum atomic E-state index is 13.8. The molecule has 0 aliphatic carbocycles. The SMILES string of the molecule is O=C1CC(Nc2ccccc2O)C(=O)N1c1ccccc1F. The monoisotopic (exact) mass is 300 g/mol. The van der Waals surface area contributed by atoms with Crippen molar-refractivity contribution in [2.24, 2.45) is 0 Å². The molecule has 2 aromatic rings. The van der Waals surface area contributed by atoms with E-state index < -0.39 is 23.7 Å². The van der Waals surface area contributed by atoms with Crippen molar-refractivity contribution in [3.63, 3.8) is 0 Å². The summed E-state index contributed by atoms with van der Waals surface area (Å²) in [6.07, 6.45) is -0.0957. The zero-order valence-electron chi connectivity index (χ0n) is 11.5. The van der Waals surface area contributed by atoms with Crippen LogP contribution in [0, 0.1) is 5.82 Å². The predicted octanol–water partition coefficient (Wildman–Crippen LogP) is 2.28. The van der Waals surface area contributed by atoms with Crippen LogP contribution in [0.1, 0.15) is 6.42 Å². The number of nitrogens with one attached hydrogen (secondary N) is 1. The van der Waals surface area contributed by atoms with Gasteiger partial charge in [0.15, 0.2) is 0 Å². The lowest BCUT2D eigenvalue weighted by Gasteiger charge is -2.17. The van der Waals surface area contributed by atoms with Gasteiger partial charge in [-0.25, -0.2) is 9.29 Å². The molecule has 3 rings (SSSR count). The van der Waals surface area contributed by atoms with E-state index in [4.69, 9.17) is 0 Å². The molecule has 0 spiro atoms. The Hall–Kier alpha value is -2.89. The van der Waals surface area contributed by atoms with Crippen LogP contribution in [0.5, 0.6) is 5.75 Å². The van der Waals surface area contributed by atoms with Crippen molar-refractivity contribution in [1.29, 1.82) is 0 Å². The van der Waals surface area contributed by atoms with Gasteiger partial charge in [0.25, 0.3) is 5.91 Å². The highest BCUT2D eigenvalue weighted by molar-refractivity contribution is 6.23. The maximum absolute atomic E-state index is 13.8. The summed E-state index contributed by atoms with van der Waals surface area (Å²) in [7, 11) is 0. The van der Waals surface area contributed by atoms with Gasteiger partial charge in [0.1, 0.15) is 17.6 Å². The number of carbonyl (C=O) groups is 2. The third-order valence-electron chi connectivity index (χ3n) is 3.47. The minimum Gasteiger partial charge on any atom is -0.506 e. The first-order chi connectivity index (χ1) is 10.6. The average molecular weight is 300 g/mol. The molecular formula is C16H13FN2O3. The highest BCUT2D eigenvalue weighted by Crippen LogP contribution is 2.29. The van der Waals surface area contributed by atoms with Crippen LogP contribution in [-0.4, -0.2) is 23.0 Å². The molecule has 2 amide bonds. The topological polar surface area (TPSA) is 69.6 Å². The first-order valence-corrected chi connectivity index (χ1v) is 6.74. The third-order valence-corrected chi connectivity index (χ3v) is 3.47. The minimum absolute atomic E-state index is 0.0212. The van der Waals surface area contributed by atoms with Crippen molar-refractivity contribution < 1.29 is 19.1 Å². The van der Waals surface area contributed by atoms with Gasteiger partial charge in [-0.15, -0.1) is 0 Å². The third kappa shape index (κ3) is 2.39. The predicted molar refractivity (Wildman–Crippen MR) is 79.0 cm³/mol. The Kier molecular flexibility index (Phi) is 3.50. The molecule has 1 aliphatic rings. The Bertz CT molecular complexity index is 748. The summed E-state index contributed by atoms with van der Waals surface area (Å²) in [5, 5.41) is 12.5. The number of phenols is 1. The number of amides is 2. The molecule has 2 N–H and O–H groups in total. The number of benzene rings is 2. The lowest BCUT2D eigenvalue weighted by molar-refractivity contribution is -0.121. The van der Waals surface area contributed by atoms with Gasteiger partial charge in [-0.2, -0.15) is 0 Å². The van der Waals surface area contributed by atoms with Crippen LogP contribution in [-0.2, 0) is 9.59 Å². The number of hydrogen-bond donors (Lipinski definition) is 2. The average Bonchev–Trinajstić information content (AvgIpc) is 2.77. The summed E-state index contributed by atoms with van der Waals surface area (Å²) in [5.74, 6) is -1.68. The van der Waals surface area contributed by atoms with Gasteiger partial charge in [-0.1, -0.05) is 24.3 Å². The first-order valence-electron chi connectivity index (χ1n) is 6.74. The van der Waals surface area contributed by atoms with Crippen molar-refractivity contribution in [3.05, 3.63) is 54.3 Å². The number of halogens is 1. The van der Waals surface area contributed by atoms with E-state index in [1.165, 1.54) is 24.3 Å². The van der Waals surface area contributed by atoms with Crippen LogP contribution in [0.3, 0.4) is 0 Å². The molecule has 5 nitrogen and oxygen atoms in total. The Balaban J connectivity index is 1.86. The Morgan fingerprint density at radius 2 is 1.77 bits per heavy atom. The number of aromatic hydroxyl groups is 1. The second-order valence-electron chi connectivity index (χ2n) is 4.94. The molecule has 1 atom stereocenters. The number of carbonyl (C=O) groups excluding carboxylic acids is 2. The lowest BCUT2D eigenvalue weighted by Crippen LogP contribution is -2.35. The van der Waals surface area contributed by atoms with Gasteiger partial charge >= 0.3 is 0 Å². The van der Waals surface area contributed by atoms with E-state index in [1.807, 2.05) is 0 Å². The van der Waals surface area contributed by atoms with Gasteiger partial charge in [-0.3, -0.25) is 9.59 Å². The van der Waals surface area contributed by atoms with Crippen molar-refractivity contribution >= 4 is 23.2 Å². The van der Waals surface area contributed by atoms with E-state index >= 15 is 0 Å². The molecule has 1 unspecified atom stereocenters. The van der Waals surface area contributed by atoms with Crippen LogP contribution >= 0.6 is 0 Å². The number of phenolic OH excluding ortho intramolecular Hbond substituents is 1. The van der Waals surface area contributed by atoms with Gasteiger partial charge in [0.05, 0.1) is 17.8 Å². The summed E-state index contributed by atoms with van der Waals surface area (Å²) in [6, 6.07) is 11.2. The molecule has 2 aromatic carbocycles. The first kappa shape index (κ1) is 14.1. The quantitative estimate of drug-likeness (QED) is 0.674. The summed E-state index contributed by atoms with van der Waals surface area (Å²) < 4.78 is 13.8. The zero-order chi connectivity index (χ0) is 15.7. The summed E-state index contributed by atoms with van der Waals surface area (Å²) in [5.41, 5.74) is 0.295. The number of rotatable bonds is 3. The summed E-state index contributed by atoms with van der Waals surface area (Å²) in [6.45, 7) is 0.